The van der Waals surface area contributed by atoms with Crippen LogP contribution in [0.1, 0.15) is 32.6 Å². The summed E-state index contributed by atoms with van der Waals surface area (Å²) in [6.45, 7) is 3.25. The minimum Gasteiger partial charge on any atom is -0.486 e. The number of benzene rings is 2. The number of thioether (sulfide) groups is 1. The number of carbonyl (C=O) groups is 1. The van der Waals surface area contributed by atoms with Crippen LogP contribution in [-0.4, -0.2) is 69.1 Å². The van der Waals surface area contributed by atoms with Gasteiger partial charge in [-0.3, -0.25) is 9.69 Å². The summed E-state index contributed by atoms with van der Waals surface area (Å²) in [6, 6.07) is 8.41. The molecule has 2 aromatic rings. The number of alkyl halides is 1. The van der Waals surface area contributed by atoms with E-state index >= 15 is 0 Å². The van der Waals surface area contributed by atoms with E-state index in [9.17, 15) is 22.0 Å². The number of ether oxygens (including phenoxy) is 2. The normalized spacial score (nSPS) is 21.3. The van der Waals surface area contributed by atoms with Gasteiger partial charge < -0.3 is 9.47 Å². The molecule has 2 atom stereocenters. The van der Waals surface area contributed by atoms with Gasteiger partial charge in [-0.05, 0) is 69.0 Å². The fourth-order valence-corrected chi connectivity index (χ4v) is 7.06. The van der Waals surface area contributed by atoms with Crippen LogP contribution in [0.3, 0.4) is 0 Å². The molecule has 2 aliphatic rings. The molecule has 39 heavy (non-hydrogen) atoms. The van der Waals surface area contributed by atoms with Crippen LogP contribution in [0.2, 0.25) is 10.0 Å². The molecule has 2 saturated heterocycles. The molecule has 4 rings (SSSR count). The van der Waals surface area contributed by atoms with Crippen molar-refractivity contribution in [2.45, 2.75) is 60.3 Å². The van der Waals surface area contributed by atoms with Crippen molar-refractivity contribution >= 4 is 50.9 Å². The summed E-state index contributed by atoms with van der Waals surface area (Å²) in [4.78, 5) is 15.2. The molecule has 2 fully saturated rings. The van der Waals surface area contributed by atoms with E-state index in [0.29, 0.717) is 44.8 Å². The third-order valence-corrected chi connectivity index (χ3v) is 9.69. The highest BCUT2D eigenvalue weighted by atomic mass is 35.5. The van der Waals surface area contributed by atoms with Gasteiger partial charge in [0.15, 0.2) is 5.75 Å². The Morgan fingerprint density at radius 2 is 1.90 bits per heavy atom. The smallest absolute Gasteiger partial charge is 0.265 e. The quantitative estimate of drug-likeness (QED) is 0.332. The zero-order valence-electron chi connectivity index (χ0n) is 21.3. The van der Waals surface area contributed by atoms with Crippen LogP contribution < -0.4 is 9.46 Å². The zero-order chi connectivity index (χ0) is 28.2. The van der Waals surface area contributed by atoms with Crippen LogP contribution in [0.5, 0.6) is 5.75 Å². The molecular formula is C26H30Cl2F2N2O5S2. The summed E-state index contributed by atoms with van der Waals surface area (Å²) in [5.74, 6) is -0.534. The first-order chi connectivity index (χ1) is 18.4. The minimum atomic E-state index is -4.29. The summed E-state index contributed by atoms with van der Waals surface area (Å²) in [5.41, 5.74) is -1.24. The summed E-state index contributed by atoms with van der Waals surface area (Å²) >= 11 is 14.3. The molecule has 2 heterocycles. The van der Waals surface area contributed by atoms with Gasteiger partial charge in [-0.25, -0.2) is 21.9 Å². The van der Waals surface area contributed by atoms with Gasteiger partial charge in [-0.15, -0.1) is 11.8 Å². The Morgan fingerprint density at radius 1 is 1.23 bits per heavy atom. The van der Waals surface area contributed by atoms with Gasteiger partial charge >= 0.3 is 0 Å². The Labute approximate surface area is 241 Å². The van der Waals surface area contributed by atoms with Crippen molar-refractivity contribution < 1.29 is 31.5 Å². The molecule has 7 nitrogen and oxygen atoms in total. The van der Waals surface area contributed by atoms with E-state index < -0.39 is 33.8 Å². The Balaban J connectivity index is 1.47. The van der Waals surface area contributed by atoms with E-state index in [4.69, 9.17) is 32.7 Å². The lowest BCUT2D eigenvalue weighted by molar-refractivity contribution is -0.148. The van der Waals surface area contributed by atoms with Gasteiger partial charge in [0.1, 0.15) is 23.7 Å². The molecule has 2 aromatic carbocycles. The molecular weight excluding hydrogens is 593 g/mol. The van der Waals surface area contributed by atoms with E-state index in [2.05, 4.69) is 4.72 Å². The lowest BCUT2D eigenvalue weighted by atomic mass is 9.95. The van der Waals surface area contributed by atoms with Crippen LogP contribution in [0, 0.1) is 5.82 Å². The second-order valence-electron chi connectivity index (χ2n) is 9.84. The number of halogens is 4. The molecule has 13 heteroatoms. The van der Waals surface area contributed by atoms with Crippen molar-refractivity contribution in [3.8, 4) is 5.75 Å². The molecule has 214 valence electrons. The lowest BCUT2D eigenvalue weighted by Crippen LogP contribution is -2.50. The van der Waals surface area contributed by atoms with Crippen molar-refractivity contribution in [1.82, 2.24) is 9.62 Å². The molecule has 0 unspecified atom stereocenters. The van der Waals surface area contributed by atoms with E-state index in [1.165, 1.54) is 36.0 Å². The second kappa shape index (κ2) is 12.9. The van der Waals surface area contributed by atoms with Crippen molar-refractivity contribution in [3.63, 3.8) is 0 Å². The number of amides is 1. The average Bonchev–Trinajstić information content (AvgIpc) is 2.87. The molecule has 0 bridgehead atoms. The summed E-state index contributed by atoms with van der Waals surface area (Å²) in [5, 5.41) is -0.0833. The third-order valence-electron chi connectivity index (χ3n) is 6.67. The van der Waals surface area contributed by atoms with Gasteiger partial charge in [0.2, 0.25) is 0 Å². The number of likely N-dealkylation sites (tertiary alicyclic amines) is 1. The van der Waals surface area contributed by atoms with Gasteiger partial charge in [-0.2, -0.15) is 0 Å². The Kier molecular flexibility index (Phi) is 10.0. The third kappa shape index (κ3) is 7.98. The first-order valence-electron chi connectivity index (χ1n) is 12.6. The second-order valence-corrected chi connectivity index (χ2v) is 13.4. The molecule has 2 aliphatic heterocycles. The molecule has 0 spiro atoms. The molecule has 0 saturated carbocycles. The van der Waals surface area contributed by atoms with E-state index in [1.54, 1.807) is 19.1 Å². The first kappa shape index (κ1) is 30.3. The van der Waals surface area contributed by atoms with E-state index in [1.807, 2.05) is 4.90 Å². The van der Waals surface area contributed by atoms with Crippen LogP contribution >= 0.6 is 35.0 Å². The standard InChI is InChI=1S/C26H30Cl2F2N2O5S2/c1-26(9-2-3-11-36-26)25(33)31-39(34,35)21-12-22(27)24(23(28)13-21)37-19(8-10-32-14-18(30)15-32)16-38-20-6-4-17(29)5-7-20/h4-7,12-13,18-19H,2-3,8-11,14-16H2,1H3,(H,31,33)/t19-,26-/m1/s1. The van der Waals surface area contributed by atoms with Gasteiger partial charge in [0.05, 0.1) is 14.9 Å². The molecule has 1 N–H and O–H groups in total. The largest absolute Gasteiger partial charge is 0.486 e. The van der Waals surface area contributed by atoms with E-state index in [-0.39, 0.29) is 26.5 Å². The van der Waals surface area contributed by atoms with Gasteiger partial charge in [0, 0.05) is 36.9 Å². The predicted octanol–water partition coefficient (Wildman–Crippen LogP) is 5.48. The van der Waals surface area contributed by atoms with Crippen molar-refractivity contribution in [3.05, 3.63) is 52.3 Å². The zero-order valence-corrected chi connectivity index (χ0v) is 24.4. The van der Waals surface area contributed by atoms with Crippen molar-refractivity contribution in [2.75, 3.05) is 32.0 Å². The molecule has 0 aliphatic carbocycles. The minimum absolute atomic E-state index is 0.0417. The van der Waals surface area contributed by atoms with Crippen molar-refractivity contribution in [2.24, 2.45) is 0 Å². The number of hydrogen-bond donors (Lipinski definition) is 1. The highest BCUT2D eigenvalue weighted by molar-refractivity contribution is 7.99. The number of sulfonamides is 1. The highest BCUT2D eigenvalue weighted by Gasteiger charge is 2.38. The highest BCUT2D eigenvalue weighted by Crippen LogP contribution is 2.37. The number of nitrogens with zero attached hydrogens (tertiary/aromatic N) is 1. The Hall–Kier alpha value is -1.63. The number of nitrogens with one attached hydrogen (secondary N) is 1. The lowest BCUT2D eigenvalue weighted by Gasteiger charge is -2.35. The first-order valence-corrected chi connectivity index (χ1v) is 15.8. The Morgan fingerprint density at radius 3 is 2.49 bits per heavy atom. The summed E-state index contributed by atoms with van der Waals surface area (Å²) in [6.07, 6.45) is 1.25. The number of hydrogen-bond acceptors (Lipinski definition) is 7. The average molecular weight is 624 g/mol. The maximum absolute atomic E-state index is 13.3. The predicted molar refractivity (Wildman–Crippen MR) is 147 cm³/mol. The fourth-order valence-electron chi connectivity index (χ4n) is 4.29. The van der Waals surface area contributed by atoms with Gasteiger partial charge in [0.25, 0.3) is 15.9 Å². The van der Waals surface area contributed by atoms with Crippen molar-refractivity contribution in [1.29, 1.82) is 0 Å². The topological polar surface area (TPSA) is 84.9 Å². The maximum Gasteiger partial charge on any atom is 0.265 e. The van der Waals surface area contributed by atoms with Crippen LogP contribution in [-0.2, 0) is 19.6 Å². The van der Waals surface area contributed by atoms with Crippen LogP contribution in [0.15, 0.2) is 46.2 Å². The summed E-state index contributed by atoms with van der Waals surface area (Å²) in [7, 11) is -4.29. The molecule has 0 aromatic heterocycles. The van der Waals surface area contributed by atoms with Gasteiger partial charge in [-0.1, -0.05) is 23.2 Å². The number of carbonyl (C=O) groups excluding carboxylic acids is 1. The van der Waals surface area contributed by atoms with Crippen LogP contribution in [0.4, 0.5) is 8.78 Å². The SMILES string of the molecule is C[C@]1(C(=O)NS(=O)(=O)c2cc(Cl)c(O[C@H](CCN3CC(F)C3)CSc3ccc(F)cc3)c(Cl)c2)CCCCO1. The monoisotopic (exact) mass is 622 g/mol. The fraction of sp³-hybridized carbons (Fsp3) is 0.500. The Bertz CT molecular complexity index is 1250. The maximum atomic E-state index is 13.3. The molecule has 0 radical (unpaired) electrons. The summed E-state index contributed by atoms with van der Waals surface area (Å²) < 4.78 is 66.3. The van der Waals surface area contributed by atoms with E-state index in [0.717, 1.165) is 17.7 Å². The molecule has 1 amide bonds. The number of rotatable bonds is 11. The van der Waals surface area contributed by atoms with Crippen LogP contribution in [0.25, 0.3) is 0 Å².